The van der Waals surface area contributed by atoms with Gasteiger partial charge in [-0.2, -0.15) is 0 Å². The fraction of sp³-hybridized carbons (Fsp3) is 0.355. The van der Waals surface area contributed by atoms with Gasteiger partial charge in [0.05, 0.1) is 7.11 Å². The van der Waals surface area contributed by atoms with Crippen LogP contribution in [0.2, 0.25) is 0 Å². The molecule has 0 saturated carbocycles. The van der Waals surface area contributed by atoms with E-state index in [9.17, 15) is 0 Å². The number of benzene rings is 3. The first kappa shape index (κ1) is 27.4. The van der Waals surface area contributed by atoms with E-state index in [1.165, 1.54) is 41.5 Å². The number of unbranched alkanes of at least 4 members (excludes halogenated alkanes) is 2. The van der Waals surface area contributed by atoms with Crippen molar-refractivity contribution in [3.8, 4) is 5.75 Å². The number of hydrogen-bond acceptors (Lipinski definition) is 3. The molecular formula is C31H42N2O. The smallest absolute Gasteiger partial charge is 0.118 e. The topological polar surface area (TPSA) is 38.5 Å². The highest BCUT2D eigenvalue weighted by molar-refractivity contribution is 5.79. The predicted octanol–water partition coefficient (Wildman–Crippen LogP) is 7.35. The Morgan fingerprint density at radius 3 is 1.79 bits per heavy atom. The molecule has 0 aliphatic rings. The van der Waals surface area contributed by atoms with E-state index in [1.807, 2.05) is 12.1 Å². The molecule has 1 atom stereocenters. The summed E-state index contributed by atoms with van der Waals surface area (Å²) in [5.74, 6) is 0.877. The highest BCUT2D eigenvalue weighted by Crippen LogP contribution is 2.26. The zero-order chi connectivity index (χ0) is 24.6. The lowest BCUT2D eigenvalue weighted by Gasteiger charge is -2.28. The molecule has 0 aliphatic carbocycles. The van der Waals surface area contributed by atoms with Crippen molar-refractivity contribution in [2.75, 3.05) is 26.7 Å². The van der Waals surface area contributed by atoms with Gasteiger partial charge in [0.15, 0.2) is 0 Å². The lowest BCUT2D eigenvalue weighted by Crippen LogP contribution is -2.32. The molecule has 0 unspecified atom stereocenters. The largest absolute Gasteiger partial charge is 0.497 e. The second kappa shape index (κ2) is 15.9. The molecule has 0 amide bonds. The van der Waals surface area contributed by atoms with Crippen LogP contribution in [-0.2, 0) is 0 Å². The summed E-state index contributed by atoms with van der Waals surface area (Å²) in [5, 5.41) is 0. The standard InChI is InChI=1S/C26H30N2O.C5H12/c1-21(22-13-15-25(29-2)16-14-22)28(20-18-27)19-17-26(23-9-5-3-6-10-23)24-11-7-4-8-12-24;1-3-5-4-2/h3-17,21H,18-20,27H2,1-2H3;3-5H2,1-2H3/t21-;/m1./s1. The molecule has 182 valence electrons. The Bertz CT molecular complexity index is 893. The summed E-state index contributed by atoms with van der Waals surface area (Å²) in [6.45, 7) is 8.94. The number of methoxy groups -OCH3 is 1. The third-order valence-corrected chi connectivity index (χ3v) is 5.97. The van der Waals surface area contributed by atoms with E-state index < -0.39 is 0 Å². The Hall–Kier alpha value is -2.88. The van der Waals surface area contributed by atoms with E-state index in [2.05, 4.69) is 105 Å². The van der Waals surface area contributed by atoms with Crippen LogP contribution in [0.25, 0.3) is 5.57 Å². The SMILES string of the molecule is CCCCC.COc1ccc([C@@H](C)N(CC=C(c2ccccc2)c2ccccc2)CCN)cc1. The number of nitrogens with zero attached hydrogens (tertiary/aromatic N) is 1. The van der Waals surface area contributed by atoms with Crippen molar-refractivity contribution >= 4 is 5.57 Å². The van der Waals surface area contributed by atoms with E-state index in [0.717, 1.165) is 18.8 Å². The lowest BCUT2D eigenvalue weighted by atomic mass is 9.97. The van der Waals surface area contributed by atoms with Crippen molar-refractivity contribution in [3.63, 3.8) is 0 Å². The maximum absolute atomic E-state index is 5.94. The zero-order valence-electron chi connectivity index (χ0n) is 21.4. The first-order chi connectivity index (χ1) is 16.6. The van der Waals surface area contributed by atoms with Crippen molar-refractivity contribution in [1.29, 1.82) is 0 Å². The zero-order valence-corrected chi connectivity index (χ0v) is 21.4. The fourth-order valence-corrected chi connectivity index (χ4v) is 3.90. The highest BCUT2D eigenvalue weighted by atomic mass is 16.5. The minimum atomic E-state index is 0.258. The molecule has 0 fully saturated rings. The number of ether oxygens (including phenoxy) is 1. The molecule has 0 bridgehead atoms. The summed E-state index contributed by atoms with van der Waals surface area (Å²) in [6, 6.07) is 29.7. The summed E-state index contributed by atoms with van der Waals surface area (Å²) in [5.41, 5.74) is 10.9. The van der Waals surface area contributed by atoms with Crippen LogP contribution in [0.3, 0.4) is 0 Å². The van der Waals surface area contributed by atoms with Gasteiger partial charge in [0.2, 0.25) is 0 Å². The van der Waals surface area contributed by atoms with Gasteiger partial charge in [-0.15, -0.1) is 0 Å². The monoisotopic (exact) mass is 458 g/mol. The molecule has 0 spiro atoms. The molecule has 2 N–H and O–H groups in total. The minimum Gasteiger partial charge on any atom is -0.497 e. The molecule has 0 radical (unpaired) electrons. The third-order valence-electron chi connectivity index (χ3n) is 5.97. The molecular weight excluding hydrogens is 416 g/mol. The van der Waals surface area contributed by atoms with Gasteiger partial charge in [-0.25, -0.2) is 0 Å². The molecule has 0 saturated heterocycles. The van der Waals surface area contributed by atoms with Crippen molar-refractivity contribution in [2.45, 2.75) is 46.1 Å². The molecule has 34 heavy (non-hydrogen) atoms. The maximum Gasteiger partial charge on any atom is 0.118 e. The van der Waals surface area contributed by atoms with Gasteiger partial charge in [-0.3, -0.25) is 4.90 Å². The van der Waals surface area contributed by atoms with Crippen molar-refractivity contribution in [2.24, 2.45) is 5.73 Å². The van der Waals surface area contributed by atoms with Crippen molar-refractivity contribution < 1.29 is 4.74 Å². The van der Waals surface area contributed by atoms with Crippen LogP contribution in [0, 0.1) is 0 Å². The van der Waals surface area contributed by atoms with E-state index in [1.54, 1.807) is 7.11 Å². The maximum atomic E-state index is 5.94. The number of hydrogen-bond donors (Lipinski definition) is 1. The summed E-state index contributed by atoms with van der Waals surface area (Å²) in [4.78, 5) is 2.41. The van der Waals surface area contributed by atoms with Gasteiger partial charge in [-0.1, -0.05) is 112 Å². The Morgan fingerprint density at radius 1 is 0.853 bits per heavy atom. The summed E-state index contributed by atoms with van der Waals surface area (Å²) >= 11 is 0. The lowest BCUT2D eigenvalue weighted by molar-refractivity contribution is 0.241. The highest BCUT2D eigenvalue weighted by Gasteiger charge is 2.15. The average Bonchev–Trinajstić information content (AvgIpc) is 2.90. The van der Waals surface area contributed by atoms with Gasteiger partial charge in [0.1, 0.15) is 5.75 Å². The van der Waals surface area contributed by atoms with Gasteiger partial charge in [-0.05, 0) is 41.3 Å². The quantitative estimate of drug-likeness (QED) is 0.326. The van der Waals surface area contributed by atoms with Crippen LogP contribution >= 0.6 is 0 Å². The Kier molecular flexibility index (Phi) is 12.8. The Morgan fingerprint density at radius 2 is 1.38 bits per heavy atom. The number of nitrogens with two attached hydrogens (primary N) is 1. The fourth-order valence-electron chi connectivity index (χ4n) is 3.90. The molecule has 0 aliphatic heterocycles. The van der Waals surface area contributed by atoms with Gasteiger partial charge < -0.3 is 10.5 Å². The van der Waals surface area contributed by atoms with Crippen molar-refractivity contribution in [3.05, 3.63) is 108 Å². The Balaban J connectivity index is 0.000000739. The van der Waals surface area contributed by atoms with Gasteiger partial charge >= 0.3 is 0 Å². The van der Waals surface area contributed by atoms with Gasteiger partial charge in [0, 0.05) is 25.7 Å². The molecule has 0 aromatic heterocycles. The van der Waals surface area contributed by atoms with Crippen LogP contribution < -0.4 is 10.5 Å². The van der Waals surface area contributed by atoms with E-state index in [0.29, 0.717) is 6.54 Å². The normalized spacial score (nSPS) is 11.4. The third kappa shape index (κ3) is 8.81. The van der Waals surface area contributed by atoms with Crippen LogP contribution in [0.5, 0.6) is 5.75 Å². The van der Waals surface area contributed by atoms with Gasteiger partial charge in [0.25, 0.3) is 0 Å². The van der Waals surface area contributed by atoms with E-state index in [4.69, 9.17) is 10.5 Å². The Labute approximate surface area is 207 Å². The molecule has 3 aromatic carbocycles. The number of rotatable bonds is 11. The van der Waals surface area contributed by atoms with E-state index in [-0.39, 0.29) is 6.04 Å². The molecule has 3 rings (SSSR count). The summed E-state index contributed by atoms with van der Waals surface area (Å²) < 4.78 is 5.29. The van der Waals surface area contributed by atoms with Crippen LogP contribution in [0.1, 0.15) is 62.8 Å². The molecule has 0 heterocycles. The second-order valence-electron chi connectivity index (χ2n) is 8.44. The van der Waals surface area contributed by atoms with E-state index >= 15 is 0 Å². The predicted molar refractivity (Wildman–Crippen MR) is 147 cm³/mol. The summed E-state index contributed by atoms with van der Waals surface area (Å²) in [7, 11) is 1.69. The summed E-state index contributed by atoms with van der Waals surface area (Å²) in [6.07, 6.45) is 6.40. The second-order valence-corrected chi connectivity index (χ2v) is 8.44. The minimum absolute atomic E-state index is 0.258. The molecule has 3 nitrogen and oxygen atoms in total. The first-order valence-electron chi connectivity index (χ1n) is 12.5. The average molecular weight is 459 g/mol. The van der Waals surface area contributed by atoms with Crippen LogP contribution in [0.15, 0.2) is 91.0 Å². The van der Waals surface area contributed by atoms with Crippen LogP contribution in [0.4, 0.5) is 0 Å². The van der Waals surface area contributed by atoms with Crippen LogP contribution in [-0.4, -0.2) is 31.6 Å². The molecule has 3 aromatic rings. The first-order valence-corrected chi connectivity index (χ1v) is 12.5. The van der Waals surface area contributed by atoms with Crippen molar-refractivity contribution in [1.82, 2.24) is 4.90 Å². The molecule has 3 heteroatoms.